The van der Waals surface area contributed by atoms with Gasteiger partial charge in [0, 0.05) is 24.2 Å². The van der Waals surface area contributed by atoms with Gasteiger partial charge >= 0.3 is 0 Å². The quantitative estimate of drug-likeness (QED) is 0.849. The molecular formula is C15H20BrNO2. The molecule has 1 aliphatic rings. The highest BCUT2D eigenvalue weighted by molar-refractivity contribution is 9.10. The molecule has 3 nitrogen and oxygen atoms in total. The molecule has 1 heterocycles. The first kappa shape index (κ1) is 14.5. The molecule has 0 spiro atoms. The van der Waals surface area contributed by atoms with Crippen LogP contribution in [0.2, 0.25) is 0 Å². The Kier molecular flexibility index (Phi) is 5.40. The van der Waals surface area contributed by atoms with Crippen molar-refractivity contribution in [2.24, 2.45) is 5.92 Å². The molecule has 19 heavy (non-hydrogen) atoms. The van der Waals surface area contributed by atoms with Crippen molar-refractivity contribution >= 4 is 21.8 Å². The van der Waals surface area contributed by atoms with Gasteiger partial charge in [-0.3, -0.25) is 4.79 Å². The number of hydrogen-bond acceptors (Lipinski definition) is 2. The summed E-state index contributed by atoms with van der Waals surface area (Å²) in [6.07, 6.45) is 2.22. The average Bonchev–Trinajstić information content (AvgIpc) is 2.45. The average molecular weight is 326 g/mol. The van der Waals surface area contributed by atoms with Crippen molar-refractivity contribution in [2.45, 2.75) is 19.8 Å². The molecule has 1 aromatic rings. The molecule has 0 radical (unpaired) electrons. The van der Waals surface area contributed by atoms with Crippen molar-refractivity contribution in [1.29, 1.82) is 0 Å². The van der Waals surface area contributed by atoms with Crippen LogP contribution in [0.4, 0.5) is 0 Å². The summed E-state index contributed by atoms with van der Waals surface area (Å²) in [6, 6.07) is 7.61. The molecule has 1 aliphatic heterocycles. The number of halogens is 1. The number of amides is 1. The molecule has 1 aromatic carbocycles. The van der Waals surface area contributed by atoms with E-state index in [4.69, 9.17) is 4.74 Å². The van der Waals surface area contributed by atoms with Crippen LogP contribution in [0.3, 0.4) is 0 Å². The number of nitrogens with zero attached hydrogens (tertiary/aromatic N) is 1. The third-order valence-corrected chi connectivity index (χ3v) is 4.16. The first-order chi connectivity index (χ1) is 9.22. The summed E-state index contributed by atoms with van der Waals surface area (Å²) in [5.41, 5.74) is 0.750. The van der Waals surface area contributed by atoms with Gasteiger partial charge in [0.1, 0.15) is 0 Å². The standard InChI is InChI=1S/C15H20BrNO2/c1-2-19-11-12-6-5-9-17(10-12)15(18)13-7-3-4-8-14(13)16/h3-4,7-8,12H,2,5-6,9-11H2,1H3. The highest BCUT2D eigenvalue weighted by Crippen LogP contribution is 2.22. The number of rotatable bonds is 4. The van der Waals surface area contributed by atoms with E-state index in [9.17, 15) is 4.79 Å². The number of ether oxygens (including phenoxy) is 1. The van der Waals surface area contributed by atoms with Crippen LogP contribution in [0.15, 0.2) is 28.7 Å². The Morgan fingerprint density at radius 2 is 2.26 bits per heavy atom. The van der Waals surface area contributed by atoms with Gasteiger partial charge in [-0.15, -0.1) is 0 Å². The molecule has 1 unspecified atom stereocenters. The third-order valence-electron chi connectivity index (χ3n) is 3.47. The molecule has 1 fully saturated rings. The highest BCUT2D eigenvalue weighted by atomic mass is 79.9. The third kappa shape index (κ3) is 3.80. The second kappa shape index (κ2) is 7.06. The van der Waals surface area contributed by atoms with Crippen LogP contribution in [0.25, 0.3) is 0 Å². The summed E-state index contributed by atoms with van der Waals surface area (Å²) in [5.74, 6) is 0.591. The van der Waals surface area contributed by atoms with Gasteiger partial charge in [-0.25, -0.2) is 0 Å². The summed E-state index contributed by atoms with van der Waals surface area (Å²) in [7, 11) is 0. The Bertz CT molecular complexity index is 436. The largest absolute Gasteiger partial charge is 0.381 e. The molecule has 0 aromatic heterocycles. The van der Waals surface area contributed by atoms with Crippen molar-refractivity contribution in [3.05, 3.63) is 34.3 Å². The number of carbonyl (C=O) groups is 1. The Morgan fingerprint density at radius 1 is 1.47 bits per heavy atom. The van der Waals surface area contributed by atoms with Gasteiger partial charge in [0.2, 0.25) is 0 Å². The number of hydrogen-bond donors (Lipinski definition) is 0. The Balaban J connectivity index is 2.01. The van der Waals surface area contributed by atoms with Gasteiger partial charge in [0.25, 0.3) is 5.91 Å². The monoisotopic (exact) mass is 325 g/mol. The fourth-order valence-corrected chi connectivity index (χ4v) is 2.93. The topological polar surface area (TPSA) is 29.5 Å². The number of likely N-dealkylation sites (tertiary alicyclic amines) is 1. The maximum absolute atomic E-state index is 12.5. The van der Waals surface area contributed by atoms with Gasteiger partial charge in [0.05, 0.1) is 12.2 Å². The lowest BCUT2D eigenvalue weighted by molar-refractivity contribution is 0.0500. The number of carbonyl (C=O) groups excluding carboxylic acids is 1. The van der Waals surface area contributed by atoms with Crippen LogP contribution >= 0.6 is 15.9 Å². The fourth-order valence-electron chi connectivity index (χ4n) is 2.48. The van der Waals surface area contributed by atoms with E-state index < -0.39 is 0 Å². The minimum absolute atomic E-state index is 0.119. The molecular weight excluding hydrogens is 306 g/mol. The molecule has 0 aliphatic carbocycles. The van der Waals surface area contributed by atoms with Gasteiger partial charge in [-0.1, -0.05) is 12.1 Å². The second-order valence-corrected chi connectivity index (χ2v) is 5.75. The molecule has 104 valence electrons. The van der Waals surface area contributed by atoms with Gasteiger partial charge in [0.15, 0.2) is 0 Å². The SMILES string of the molecule is CCOCC1CCCN(C(=O)c2ccccc2Br)C1. The predicted octanol–water partition coefficient (Wildman–Crippen LogP) is 3.34. The summed E-state index contributed by atoms with van der Waals surface area (Å²) in [6.45, 7) is 5.17. The zero-order valence-electron chi connectivity index (χ0n) is 11.3. The summed E-state index contributed by atoms with van der Waals surface area (Å²) in [4.78, 5) is 14.4. The van der Waals surface area contributed by atoms with E-state index in [-0.39, 0.29) is 5.91 Å². The van der Waals surface area contributed by atoms with Crippen LogP contribution in [0.1, 0.15) is 30.1 Å². The van der Waals surface area contributed by atoms with Gasteiger partial charge in [-0.2, -0.15) is 0 Å². The Hall–Kier alpha value is -0.870. The molecule has 0 N–H and O–H groups in total. The zero-order valence-corrected chi connectivity index (χ0v) is 12.9. The summed E-state index contributed by atoms with van der Waals surface area (Å²) < 4.78 is 6.35. The van der Waals surface area contributed by atoms with E-state index in [1.807, 2.05) is 36.1 Å². The highest BCUT2D eigenvalue weighted by Gasteiger charge is 2.25. The Morgan fingerprint density at radius 3 is 3.00 bits per heavy atom. The van der Waals surface area contributed by atoms with Crippen molar-refractivity contribution in [1.82, 2.24) is 4.90 Å². The van der Waals surface area contributed by atoms with Crippen LogP contribution in [-0.2, 0) is 4.74 Å². The molecule has 1 saturated heterocycles. The van der Waals surface area contributed by atoms with Crippen LogP contribution in [0.5, 0.6) is 0 Å². The zero-order chi connectivity index (χ0) is 13.7. The minimum atomic E-state index is 0.119. The molecule has 2 rings (SSSR count). The second-order valence-electron chi connectivity index (χ2n) is 4.90. The number of benzene rings is 1. The molecule has 0 bridgehead atoms. The normalized spacial score (nSPS) is 19.5. The molecule has 1 atom stereocenters. The lowest BCUT2D eigenvalue weighted by Gasteiger charge is -2.32. The minimum Gasteiger partial charge on any atom is -0.381 e. The van der Waals surface area contributed by atoms with Gasteiger partial charge in [-0.05, 0) is 53.7 Å². The smallest absolute Gasteiger partial charge is 0.255 e. The van der Waals surface area contributed by atoms with E-state index in [0.29, 0.717) is 5.92 Å². The first-order valence-corrected chi connectivity index (χ1v) is 7.63. The summed E-state index contributed by atoms with van der Waals surface area (Å²) in [5, 5.41) is 0. The first-order valence-electron chi connectivity index (χ1n) is 6.84. The van der Waals surface area contributed by atoms with E-state index in [0.717, 1.165) is 49.2 Å². The molecule has 1 amide bonds. The van der Waals surface area contributed by atoms with Crippen molar-refractivity contribution in [2.75, 3.05) is 26.3 Å². The number of piperidine rings is 1. The van der Waals surface area contributed by atoms with Crippen LogP contribution < -0.4 is 0 Å². The van der Waals surface area contributed by atoms with Crippen molar-refractivity contribution < 1.29 is 9.53 Å². The van der Waals surface area contributed by atoms with E-state index in [1.165, 1.54) is 0 Å². The molecule has 0 saturated carbocycles. The maximum atomic E-state index is 12.5. The predicted molar refractivity (Wildman–Crippen MR) is 79.3 cm³/mol. The van der Waals surface area contributed by atoms with Crippen molar-refractivity contribution in [3.8, 4) is 0 Å². The van der Waals surface area contributed by atoms with Crippen molar-refractivity contribution in [3.63, 3.8) is 0 Å². The Labute approximate surface area is 123 Å². The fraction of sp³-hybridized carbons (Fsp3) is 0.533. The lowest BCUT2D eigenvalue weighted by Crippen LogP contribution is -2.41. The van der Waals surface area contributed by atoms with E-state index in [2.05, 4.69) is 15.9 Å². The lowest BCUT2D eigenvalue weighted by atomic mass is 9.98. The van der Waals surface area contributed by atoms with E-state index in [1.54, 1.807) is 0 Å². The summed E-state index contributed by atoms with van der Waals surface area (Å²) >= 11 is 3.45. The van der Waals surface area contributed by atoms with E-state index >= 15 is 0 Å². The maximum Gasteiger partial charge on any atom is 0.255 e. The molecule has 4 heteroatoms. The van der Waals surface area contributed by atoms with Gasteiger partial charge < -0.3 is 9.64 Å². The van der Waals surface area contributed by atoms with Crippen LogP contribution in [-0.4, -0.2) is 37.1 Å². The van der Waals surface area contributed by atoms with Crippen LogP contribution in [0, 0.1) is 5.92 Å².